The fraction of sp³-hybridized carbons (Fsp3) is 0.0714. The molecule has 0 radical (unpaired) electrons. The molecule has 21 heavy (non-hydrogen) atoms. The van der Waals surface area contributed by atoms with E-state index in [1.165, 1.54) is 24.6 Å². The molecule has 0 aliphatic heterocycles. The predicted octanol–water partition coefficient (Wildman–Crippen LogP) is 0.752. The van der Waals surface area contributed by atoms with Crippen molar-refractivity contribution in [1.82, 2.24) is 10.7 Å². The van der Waals surface area contributed by atoms with Crippen LogP contribution in [0.3, 0.4) is 0 Å². The molecule has 0 aliphatic rings. The van der Waals surface area contributed by atoms with E-state index in [4.69, 9.17) is 4.42 Å². The zero-order chi connectivity index (χ0) is 15.1. The van der Waals surface area contributed by atoms with E-state index < -0.39 is 11.8 Å². The predicted molar refractivity (Wildman–Crippen MR) is 74.4 cm³/mol. The highest BCUT2D eigenvalue weighted by molar-refractivity contribution is 6.35. The van der Waals surface area contributed by atoms with Crippen molar-refractivity contribution in [3.05, 3.63) is 54.0 Å². The van der Waals surface area contributed by atoms with Gasteiger partial charge >= 0.3 is 11.8 Å². The zero-order valence-electron chi connectivity index (χ0n) is 10.9. The summed E-state index contributed by atoms with van der Waals surface area (Å²) in [5.41, 5.74) is 2.68. The topological polar surface area (TPSA) is 104 Å². The summed E-state index contributed by atoms with van der Waals surface area (Å²) in [6.45, 7) is 0.121. The Morgan fingerprint density at radius 3 is 2.81 bits per heavy atom. The summed E-state index contributed by atoms with van der Waals surface area (Å²) < 4.78 is 5.01. The lowest BCUT2D eigenvalue weighted by atomic mass is 10.2. The molecule has 3 N–H and O–H groups in total. The number of hydrogen-bond donors (Lipinski definition) is 3. The molecule has 0 bridgehead atoms. The first-order chi connectivity index (χ1) is 10.1. The Morgan fingerprint density at radius 1 is 1.24 bits per heavy atom. The molecule has 1 aromatic carbocycles. The molecule has 7 nitrogen and oxygen atoms in total. The Bertz CT molecular complexity index is 650. The third kappa shape index (κ3) is 4.50. The molecule has 0 spiro atoms. The van der Waals surface area contributed by atoms with Gasteiger partial charge in [0, 0.05) is 0 Å². The third-order valence-corrected chi connectivity index (χ3v) is 2.46. The second-order valence-electron chi connectivity index (χ2n) is 4.06. The maximum atomic E-state index is 11.5. The van der Waals surface area contributed by atoms with Crippen LogP contribution >= 0.6 is 0 Å². The molecule has 2 amide bonds. The van der Waals surface area contributed by atoms with E-state index in [1.807, 2.05) is 0 Å². The first kappa shape index (κ1) is 14.3. The summed E-state index contributed by atoms with van der Waals surface area (Å²) in [5, 5.41) is 15.3. The Hall–Kier alpha value is -3.09. The van der Waals surface area contributed by atoms with Crippen molar-refractivity contribution in [2.24, 2.45) is 5.10 Å². The minimum Gasteiger partial charge on any atom is -0.508 e. The van der Waals surface area contributed by atoms with Gasteiger partial charge < -0.3 is 14.8 Å². The van der Waals surface area contributed by atoms with Gasteiger partial charge in [-0.05, 0) is 29.8 Å². The highest BCUT2D eigenvalue weighted by atomic mass is 16.3. The highest BCUT2D eigenvalue weighted by Crippen LogP contribution is 2.08. The first-order valence-corrected chi connectivity index (χ1v) is 6.08. The van der Waals surface area contributed by atoms with Gasteiger partial charge in [-0.25, -0.2) is 5.43 Å². The normalized spacial score (nSPS) is 10.5. The van der Waals surface area contributed by atoms with Crippen LogP contribution in [0.1, 0.15) is 11.3 Å². The van der Waals surface area contributed by atoms with Crippen molar-refractivity contribution >= 4 is 18.0 Å². The molecule has 0 atom stereocenters. The minimum absolute atomic E-state index is 0.0847. The Balaban J connectivity index is 1.79. The number of carbonyl (C=O) groups excluding carboxylic acids is 2. The SMILES string of the molecule is O=C(NCc1ccco1)C(=O)N/N=C/c1cccc(O)c1. The van der Waals surface area contributed by atoms with Crippen LogP contribution < -0.4 is 10.7 Å². The van der Waals surface area contributed by atoms with Gasteiger partial charge in [0.25, 0.3) is 0 Å². The van der Waals surface area contributed by atoms with Crippen LogP contribution in [0.25, 0.3) is 0 Å². The van der Waals surface area contributed by atoms with Gasteiger partial charge in [0.05, 0.1) is 19.0 Å². The average molecular weight is 287 g/mol. The number of rotatable bonds is 4. The van der Waals surface area contributed by atoms with Crippen LogP contribution in [0, 0.1) is 0 Å². The Labute approximate surface area is 120 Å². The number of furan rings is 1. The average Bonchev–Trinajstić information content (AvgIpc) is 2.98. The number of nitrogens with one attached hydrogen (secondary N) is 2. The lowest BCUT2D eigenvalue weighted by Crippen LogP contribution is -2.37. The second kappa shape index (κ2) is 6.90. The number of carbonyl (C=O) groups is 2. The summed E-state index contributed by atoms with van der Waals surface area (Å²) in [6.07, 6.45) is 2.79. The van der Waals surface area contributed by atoms with Crippen molar-refractivity contribution in [2.45, 2.75) is 6.54 Å². The van der Waals surface area contributed by atoms with Crippen LogP contribution in [0.15, 0.2) is 52.2 Å². The van der Waals surface area contributed by atoms with Gasteiger partial charge in [-0.1, -0.05) is 12.1 Å². The Morgan fingerprint density at radius 2 is 2.10 bits per heavy atom. The second-order valence-corrected chi connectivity index (χ2v) is 4.06. The van der Waals surface area contributed by atoms with Gasteiger partial charge in [0.1, 0.15) is 11.5 Å². The molecule has 2 aromatic rings. The summed E-state index contributed by atoms with van der Waals surface area (Å²) in [5.74, 6) is -1.08. The van der Waals surface area contributed by atoms with E-state index >= 15 is 0 Å². The summed E-state index contributed by atoms with van der Waals surface area (Å²) in [4.78, 5) is 22.9. The zero-order valence-corrected chi connectivity index (χ0v) is 10.9. The van der Waals surface area contributed by atoms with Crippen molar-refractivity contribution in [1.29, 1.82) is 0 Å². The van der Waals surface area contributed by atoms with Gasteiger partial charge in [0.15, 0.2) is 0 Å². The number of hydrogen-bond acceptors (Lipinski definition) is 5. The van der Waals surface area contributed by atoms with E-state index in [2.05, 4.69) is 15.8 Å². The molecule has 1 aromatic heterocycles. The summed E-state index contributed by atoms with van der Waals surface area (Å²) in [7, 11) is 0. The number of phenolic OH excluding ortho intramolecular Hbond substituents is 1. The highest BCUT2D eigenvalue weighted by Gasteiger charge is 2.12. The van der Waals surface area contributed by atoms with Gasteiger partial charge in [-0.2, -0.15) is 5.10 Å². The van der Waals surface area contributed by atoms with E-state index in [0.717, 1.165) is 0 Å². The molecule has 0 saturated heterocycles. The van der Waals surface area contributed by atoms with E-state index in [1.54, 1.807) is 24.3 Å². The molecule has 2 rings (SSSR count). The molecule has 0 aliphatic carbocycles. The van der Waals surface area contributed by atoms with E-state index in [-0.39, 0.29) is 12.3 Å². The quantitative estimate of drug-likeness (QED) is 0.438. The summed E-state index contributed by atoms with van der Waals surface area (Å²) >= 11 is 0. The third-order valence-electron chi connectivity index (χ3n) is 2.46. The molecule has 7 heteroatoms. The van der Waals surface area contributed by atoms with Gasteiger partial charge in [-0.3, -0.25) is 9.59 Å². The first-order valence-electron chi connectivity index (χ1n) is 6.08. The molecular weight excluding hydrogens is 274 g/mol. The molecule has 0 unspecified atom stereocenters. The smallest absolute Gasteiger partial charge is 0.329 e. The van der Waals surface area contributed by atoms with Crippen molar-refractivity contribution in [2.75, 3.05) is 0 Å². The van der Waals surface area contributed by atoms with Crippen LogP contribution in [0.4, 0.5) is 0 Å². The lowest BCUT2D eigenvalue weighted by molar-refractivity contribution is -0.139. The van der Waals surface area contributed by atoms with E-state index in [0.29, 0.717) is 11.3 Å². The van der Waals surface area contributed by atoms with Crippen LogP contribution in [-0.2, 0) is 16.1 Å². The Kier molecular flexibility index (Phi) is 4.70. The molecule has 1 heterocycles. The van der Waals surface area contributed by atoms with Crippen LogP contribution in [-0.4, -0.2) is 23.1 Å². The largest absolute Gasteiger partial charge is 0.508 e. The molecule has 0 saturated carbocycles. The van der Waals surface area contributed by atoms with E-state index in [9.17, 15) is 14.7 Å². The maximum absolute atomic E-state index is 11.5. The van der Waals surface area contributed by atoms with Crippen LogP contribution in [0.2, 0.25) is 0 Å². The number of benzene rings is 1. The fourth-order valence-electron chi connectivity index (χ4n) is 1.48. The number of amides is 2. The van der Waals surface area contributed by atoms with Crippen molar-refractivity contribution in [3.8, 4) is 5.75 Å². The summed E-state index contributed by atoms with van der Waals surface area (Å²) in [6, 6.07) is 9.66. The van der Waals surface area contributed by atoms with Gasteiger partial charge in [0.2, 0.25) is 0 Å². The number of phenols is 1. The van der Waals surface area contributed by atoms with Crippen LogP contribution in [0.5, 0.6) is 5.75 Å². The number of hydrazone groups is 1. The number of nitrogens with zero attached hydrogens (tertiary/aromatic N) is 1. The number of aromatic hydroxyl groups is 1. The lowest BCUT2D eigenvalue weighted by Gasteiger charge is -2.01. The van der Waals surface area contributed by atoms with Gasteiger partial charge in [-0.15, -0.1) is 0 Å². The molecule has 108 valence electrons. The standard InChI is InChI=1S/C14H13N3O4/c18-11-4-1-3-10(7-11)8-16-17-14(20)13(19)15-9-12-5-2-6-21-12/h1-8,18H,9H2,(H,15,19)(H,17,20)/b16-8+. The minimum atomic E-state index is -0.891. The fourth-order valence-corrected chi connectivity index (χ4v) is 1.48. The monoisotopic (exact) mass is 287 g/mol. The molecular formula is C14H13N3O4. The van der Waals surface area contributed by atoms with Crippen molar-refractivity contribution in [3.63, 3.8) is 0 Å². The van der Waals surface area contributed by atoms with Crippen molar-refractivity contribution < 1.29 is 19.1 Å². The maximum Gasteiger partial charge on any atom is 0.329 e. The molecule has 0 fully saturated rings.